The van der Waals surface area contributed by atoms with Gasteiger partial charge < -0.3 is 15.6 Å². The predicted molar refractivity (Wildman–Crippen MR) is 112 cm³/mol. The van der Waals surface area contributed by atoms with Gasteiger partial charge in [0.15, 0.2) is 0 Å². The van der Waals surface area contributed by atoms with Crippen LogP contribution in [0.3, 0.4) is 0 Å². The fourth-order valence-corrected chi connectivity index (χ4v) is 3.17. The molecule has 5 nitrogen and oxygen atoms in total. The topological polar surface area (TPSA) is 65.6 Å². The SMILES string of the molecule is Cc1cc(Nc2ccc(Cl)cc2)nc(NCCc2c[nH]c3ccccc23)n1. The molecule has 0 radical (unpaired) electrons. The highest BCUT2D eigenvalue weighted by Gasteiger charge is 2.05. The molecule has 2 aromatic carbocycles. The summed E-state index contributed by atoms with van der Waals surface area (Å²) in [6.45, 7) is 2.71. The highest BCUT2D eigenvalue weighted by atomic mass is 35.5. The Bertz CT molecular complexity index is 1060. The lowest BCUT2D eigenvalue weighted by Crippen LogP contribution is -2.09. The molecule has 0 fully saturated rings. The van der Waals surface area contributed by atoms with Gasteiger partial charge in [0.1, 0.15) is 5.82 Å². The lowest BCUT2D eigenvalue weighted by atomic mass is 10.1. The van der Waals surface area contributed by atoms with Gasteiger partial charge in [0.25, 0.3) is 0 Å². The highest BCUT2D eigenvalue weighted by Crippen LogP contribution is 2.20. The Morgan fingerprint density at radius 1 is 1.04 bits per heavy atom. The number of para-hydroxylation sites is 1. The van der Waals surface area contributed by atoms with Gasteiger partial charge >= 0.3 is 0 Å². The summed E-state index contributed by atoms with van der Waals surface area (Å²) in [4.78, 5) is 12.3. The molecule has 4 rings (SSSR count). The maximum atomic E-state index is 5.94. The molecule has 0 aliphatic carbocycles. The first kappa shape index (κ1) is 17.4. The number of hydrogen-bond acceptors (Lipinski definition) is 4. The van der Waals surface area contributed by atoms with Crippen LogP contribution in [0, 0.1) is 6.92 Å². The molecule has 0 saturated heterocycles. The number of aromatic amines is 1. The molecule has 0 aliphatic heterocycles. The molecule has 0 aliphatic rings. The molecular formula is C21H20ClN5. The maximum absolute atomic E-state index is 5.94. The Morgan fingerprint density at radius 3 is 2.70 bits per heavy atom. The number of nitrogens with one attached hydrogen (secondary N) is 3. The fourth-order valence-electron chi connectivity index (χ4n) is 3.04. The van der Waals surface area contributed by atoms with E-state index in [-0.39, 0.29) is 0 Å². The highest BCUT2D eigenvalue weighted by molar-refractivity contribution is 6.30. The molecule has 2 aromatic heterocycles. The summed E-state index contributed by atoms with van der Waals surface area (Å²) < 4.78 is 0. The average molecular weight is 378 g/mol. The van der Waals surface area contributed by atoms with Gasteiger partial charge in [-0.3, -0.25) is 0 Å². The summed E-state index contributed by atoms with van der Waals surface area (Å²) in [5, 5.41) is 8.58. The molecule has 0 bridgehead atoms. The van der Waals surface area contributed by atoms with Gasteiger partial charge in [-0.05, 0) is 49.2 Å². The van der Waals surface area contributed by atoms with Crippen LogP contribution in [0.15, 0.2) is 60.8 Å². The molecule has 136 valence electrons. The zero-order valence-corrected chi connectivity index (χ0v) is 15.7. The molecule has 0 atom stereocenters. The Labute approximate surface area is 162 Å². The van der Waals surface area contributed by atoms with Crippen LogP contribution in [0.2, 0.25) is 5.02 Å². The molecule has 0 amide bonds. The number of anilines is 3. The second-order valence-electron chi connectivity index (χ2n) is 6.39. The van der Waals surface area contributed by atoms with Crippen LogP contribution in [-0.2, 0) is 6.42 Å². The first-order valence-electron chi connectivity index (χ1n) is 8.84. The molecule has 6 heteroatoms. The number of aryl methyl sites for hydroxylation is 1. The van der Waals surface area contributed by atoms with E-state index in [4.69, 9.17) is 11.6 Å². The van der Waals surface area contributed by atoms with Gasteiger partial charge in [-0.1, -0.05) is 29.8 Å². The number of fused-ring (bicyclic) bond motifs is 1. The van der Waals surface area contributed by atoms with E-state index in [9.17, 15) is 0 Å². The van der Waals surface area contributed by atoms with Crippen molar-refractivity contribution in [3.63, 3.8) is 0 Å². The van der Waals surface area contributed by atoms with Crippen molar-refractivity contribution in [3.05, 3.63) is 77.1 Å². The van der Waals surface area contributed by atoms with Gasteiger partial charge in [-0.15, -0.1) is 0 Å². The quantitative estimate of drug-likeness (QED) is 0.425. The van der Waals surface area contributed by atoms with E-state index in [0.29, 0.717) is 11.0 Å². The molecule has 4 aromatic rings. The van der Waals surface area contributed by atoms with Gasteiger partial charge in [0.2, 0.25) is 5.95 Å². The first-order chi connectivity index (χ1) is 13.2. The molecule has 0 saturated carbocycles. The van der Waals surface area contributed by atoms with E-state index in [1.54, 1.807) is 0 Å². The third-order valence-corrected chi connectivity index (χ3v) is 4.58. The number of halogens is 1. The van der Waals surface area contributed by atoms with Gasteiger partial charge in [0, 0.05) is 46.1 Å². The van der Waals surface area contributed by atoms with Crippen LogP contribution >= 0.6 is 11.6 Å². The number of aromatic nitrogens is 3. The van der Waals surface area contributed by atoms with Crippen LogP contribution in [0.5, 0.6) is 0 Å². The van der Waals surface area contributed by atoms with E-state index in [2.05, 4.69) is 50.0 Å². The second kappa shape index (κ2) is 7.68. The van der Waals surface area contributed by atoms with Gasteiger partial charge in [0.05, 0.1) is 0 Å². The number of nitrogens with zero attached hydrogens (tertiary/aromatic N) is 2. The smallest absolute Gasteiger partial charge is 0.224 e. The second-order valence-corrected chi connectivity index (χ2v) is 6.82. The minimum Gasteiger partial charge on any atom is -0.361 e. The Hall–Kier alpha value is -3.05. The molecule has 0 unspecified atom stereocenters. The van der Waals surface area contributed by atoms with Crippen LogP contribution in [0.1, 0.15) is 11.3 Å². The zero-order valence-electron chi connectivity index (χ0n) is 15.0. The van der Waals surface area contributed by atoms with Crippen molar-refractivity contribution in [2.24, 2.45) is 0 Å². The van der Waals surface area contributed by atoms with E-state index < -0.39 is 0 Å². The van der Waals surface area contributed by atoms with Crippen molar-refractivity contribution in [2.75, 3.05) is 17.2 Å². The van der Waals surface area contributed by atoms with E-state index in [0.717, 1.165) is 35.7 Å². The Kier molecular flexibility index (Phi) is 4.94. The molecule has 27 heavy (non-hydrogen) atoms. The van der Waals surface area contributed by atoms with Crippen molar-refractivity contribution in [1.82, 2.24) is 15.0 Å². The van der Waals surface area contributed by atoms with Crippen molar-refractivity contribution < 1.29 is 0 Å². The monoisotopic (exact) mass is 377 g/mol. The first-order valence-corrected chi connectivity index (χ1v) is 9.22. The fraction of sp³-hybridized carbons (Fsp3) is 0.143. The summed E-state index contributed by atoms with van der Waals surface area (Å²) in [5.41, 5.74) is 4.28. The van der Waals surface area contributed by atoms with Crippen molar-refractivity contribution in [1.29, 1.82) is 0 Å². The van der Waals surface area contributed by atoms with Crippen molar-refractivity contribution in [3.8, 4) is 0 Å². The molecule has 3 N–H and O–H groups in total. The lowest BCUT2D eigenvalue weighted by Gasteiger charge is -2.10. The van der Waals surface area contributed by atoms with Gasteiger partial charge in [-0.25, -0.2) is 4.98 Å². The van der Waals surface area contributed by atoms with Crippen molar-refractivity contribution in [2.45, 2.75) is 13.3 Å². The lowest BCUT2D eigenvalue weighted by molar-refractivity contribution is 0.981. The minimum atomic E-state index is 0.617. The third-order valence-electron chi connectivity index (χ3n) is 4.32. The van der Waals surface area contributed by atoms with Crippen LogP contribution in [0.4, 0.5) is 17.5 Å². The number of hydrogen-bond donors (Lipinski definition) is 3. The summed E-state index contributed by atoms with van der Waals surface area (Å²) in [6.07, 6.45) is 2.96. The predicted octanol–water partition coefficient (Wildman–Crippen LogP) is 5.32. The Morgan fingerprint density at radius 2 is 1.85 bits per heavy atom. The van der Waals surface area contributed by atoms with Crippen LogP contribution in [-0.4, -0.2) is 21.5 Å². The average Bonchev–Trinajstić information content (AvgIpc) is 3.07. The summed E-state index contributed by atoms with van der Waals surface area (Å²) in [6, 6.07) is 17.8. The summed E-state index contributed by atoms with van der Waals surface area (Å²) >= 11 is 5.94. The normalized spacial score (nSPS) is 10.9. The number of rotatable bonds is 6. The Balaban J connectivity index is 1.43. The number of benzene rings is 2. The van der Waals surface area contributed by atoms with E-state index >= 15 is 0 Å². The van der Waals surface area contributed by atoms with E-state index in [1.807, 2.05) is 43.3 Å². The third kappa shape index (κ3) is 4.20. The largest absolute Gasteiger partial charge is 0.361 e. The van der Waals surface area contributed by atoms with E-state index in [1.165, 1.54) is 10.9 Å². The zero-order chi connectivity index (χ0) is 18.6. The standard InChI is InChI=1S/C21H20ClN5/c1-14-12-20(26-17-8-6-16(22)7-9-17)27-21(25-14)23-11-10-15-13-24-19-5-3-2-4-18(15)19/h2-9,12-13,24H,10-11H2,1H3,(H2,23,25,26,27). The van der Waals surface area contributed by atoms with Gasteiger partial charge in [-0.2, -0.15) is 4.98 Å². The maximum Gasteiger partial charge on any atom is 0.224 e. The molecule has 0 spiro atoms. The summed E-state index contributed by atoms with van der Waals surface area (Å²) in [7, 11) is 0. The number of H-pyrrole nitrogens is 1. The van der Waals surface area contributed by atoms with Crippen LogP contribution in [0.25, 0.3) is 10.9 Å². The summed E-state index contributed by atoms with van der Waals surface area (Å²) in [5.74, 6) is 1.37. The molecule has 2 heterocycles. The minimum absolute atomic E-state index is 0.617. The van der Waals surface area contributed by atoms with Crippen molar-refractivity contribution >= 4 is 40.0 Å². The molecular weight excluding hydrogens is 358 g/mol. The van der Waals surface area contributed by atoms with Crippen LogP contribution < -0.4 is 10.6 Å².